The fourth-order valence-electron chi connectivity index (χ4n) is 3.12. The van der Waals surface area contributed by atoms with Crippen LogP contribution in [0.3, 0.4) is 0 Å². The molecule has 2 heterocycles. The van der Waals surface area contributed by atoms with Crippen LogP contribution in [0.25, 0.3) is 0 Å². The van der Waals surface area contributed by atoms with Gasteiger partial charge in [0.2, 0.25) is 6.79 Å². The number of hydrogen-bond donors (Lipinski definition) is 1. The van der Waals surface area contributed by atoms with Crippen molar-refractivity contribution in [3.8, 4) is 17.2 Å². The highest BCUT2D eigenvalue weighted by atomic mass is 19.3. The van der Waals surface area contributed by atoms with Gasteiger partial charge in [-0.3, -0.25) is 0 Å². The number of halogens is 2. The van der Waals surface area contributed by atoms with Gasteiger partial charge >= 0.3 is 6.61 Å². The van der Waals surface area contributed by atoms with Crippen LogP contribution in [0.15, 0.2) is 61.2 Å². The number of nitrogens with one attached hydrogen (secondary N) is 1. The molecule has 0 aliphatic carbocycles. The Bertz CT molecular complexity index is 905. The molecule has 146 valence electrons. The van der Waals surface area contributed by atoms with Gasteiger partial charge in [0.1, 0.15) is 5.75 Å². The molecule has 1 N–H and O–H groups in total. The molecule has 0 saturated carbocycles. The van der Waals surface area contributed by atoms with Crippen molar-refractivity contribution in [3.63, 3.8) is 0 Å². The number of ether oxygens (including phenoxy) is 3. The highest BCUT2D eigenvalue weighted by Crippen LogP contribution is 2.38. The first-order valence-corrected chi connectivity index (χ1v) is 8.80. The second-order valence-electron chi connectivity index (χ2n) is 6.30. The maximum Gasteiger partial charge on any atom is 0.387 e. The van der Waals surface area contributed by atoms with Gasteiger partial charge in [-0.2, -0.15) is 8.78 Å². The Labute approximate surface area is 160 Å². The minimum atomic E-state index is -2.92. The number of alkyl halides is 2. The summed E-state index contributed by atoms with van der Waals surface area (Å²) in [5.74, 6) is 0.989. The summed E-state index contributed by atoms with van der Waals surface area (Å²) in [5, 5.41) is 3.43. The summed E-state index contributed by atoms with van der Waals surface area (Å²) in [4.78, 5) is 4.07. The maximum absolute atomic E-state index is 12.8. The van der Waals surface area contributed by atoms with Gasteiger partial charge in [-0.1, -0.05) is 30.3 Å². The normalized spacial score (nSPS) is 13.7. The van der Waals surface area contributed by atoms with E-state index in [0.717, 1.165) is 5.56 Å². The van der Waals surface area contributed by atoms with Crippen molar-refractivity contribution in [2.24, 2.45) is 0 Å². The van der Waals surface area contributed by atoms with Crippen molar-refractivity contribution in [1.29, 1.82) is 0 Å². The number of benzene rings is 2. The molecule has 1 aromatic heterocycles. The van der Waals surface area contributed by atoms with E-state index in [-0.39, 0.29) is 18.6 Å². The number of hydrogen-bond acceptors (Lipinski definition) is 5. The van der Waals surface area contributed by atoms with Crippen LogP contribution in [0, 0.1) is 0 Å². The smallest absolute Gasteiger partial charge is 0.387 e. The third kappa shape index (κ3) is 4.23. The number of rotatable bonds is 8. The van der Waals surface area contributed by atoms with E-state index >= 15 is 0 Å². The minimum absolute atomic E-state index is 0.0553. The molecule has 3 aromatic rings. The van der Waals surface area contributed by atoms with Crippen LogP contribution in [0.1, 0.15) is 17.2 Å². The van der Waals surface area contributed by atoms with E-state index in [1.165, 1.54) is 6.07 Å². The molecule has 0 bridgehead atoms. The third-order valence-corrected chi connectivity index (χ3v) is 4.47. The number of fused-ring (bicyclic) bond motifs is 1. The van der Waals surface area contributed by atoms with E-state index in [9.17, 15) is 8.78 Å². The van der Waals surface area contributed by atoms with E-state index in [0.29, 0.717) is 30.2 Å². The van der Waals surface area contributed by atoms with E-state index < -0.39 is 6.61 Å². The molecule has 1 atom stereocenters. The molecule has 1 unspecified atom stereocenters. The summed E-state index contributed by atoms with van der Waals surface area (Å²) in [5.41, 5.74) is 1.64. The van der Waals surface area contributed by atoms with Gasteiger partial charge < -0.3 is 24.1 Å². The monoisotopic (exact) mass is 387 g/mol. The molecule has 1 aliphatic heterocycles. The average Bonchev–Trinajstić information content (AvgIpc) is 3.36. The highest BCUT2D eigenvalue weighted by molar-refractivity contribution is 5.51. The molecule has 0 fully saturated rings. The van der Waals surface area contributed by atoms with Gasteiger partial charge in [-0.25, -0.2) is 4.98 Å². The molecule has 6 nitrogen and oxygen atoms in total. The van der Waals surface area contributed by atoms with Gasteiger partial charge in [-0.05, 0) is 11.6 Å². The van der Waals surface area contributed by atoms with Gasteiger partial charge in [0.15, 0.2) is 11.5 Å². The van der Waals surface area contributed by atoms with E-state index in [2.05, 4.69) is 10.3 Å². The summed E-state index contributed by atoms with van der Waals surface area (Å²) in [6, 6.07) is 13.0. The lowest BCUT2D eigenvalue weighted by molar-refractivity contribution is -0.0505. The van der Waals surface area contributed by atoms with E-state index in [1.807, 2.05) is 41.1 Å². The number of nitrogens with zero attached hydrogens (tertiary/aromatic N) is 2. The zero-order valence-corrected chi connectivity index (χ0v) is 14.9. The Balaban J connectivity index is 1.56. The second kappa shape index (κ2) is 8.26. The largest absolute Gasteiger partial charge is 0.454 e. The van der Waals surface area contributed by atoms with Crippen molar-refractivity contribution >= 4 is 0 Å². The Hall–Kier alpha value is -3.13. The Morgan fingerprint density at radius 2 is 1.93 bits per heavy atom. The van der Waals surface area contributed by atoms with Crippen LogP contribution >= 0.6 is 0 Å². The maximum atomic E-state index is 12.8. The molecule has 1 aliphatic rings. The van der Waals surface area contributed by atoms with E-state index in [4.69, 9.17) is 14.2 Å². The third-order valence-electron chi connectivity index (χ3n) is 4.47. The van der Waals surface area contributed by atoms with Crippen molar-refractivity contribution in [2.75, 3.05) is 6.79 Å². The van der Waals surface area contributed by atoms with Crippen LogP contribution in [-0.2, 0) is 13.1 Å². The summed E-state index contributed by atoms with van der Waals surface area (Å²) >= 11 is 0. The molecule has 2 aromatic carbocycles. The van der Waals surface area contributed by atoms with Crippen LogP contribution in [0.4, 0.5) is 8.78 Å². The predicted molar refractivity (Wildman–Crippen MR) is 97.4 cm³/mol. The molecular weight excluding hydrogens is 368 g/mol. The van der Waals surface area contributed by atoms with Crippen molar-refractivity contribution in [3.05, 3.63) is 72.3 Å². The van der Waals surface area contributed by atoms with Crippen LogP contribution in [0.2, 0.25) is 0 Å². The average molecular weight is 387 g/mol. The standard InChI is InChI=1S/C20H19F2N3O3/c21-20(22)28-17-9-19-18(26-13-27-19)8-15(17)10-24-16(11-25-7-6-23-12-25)14-4-2-1-3-5-14/h1-9,12,16,20,24H,10-11,13H2. The van der Waals surface area contributed by atoms with Gasteiger partial charge in [0, 0.05) is 37.1 Å². The zero-order chi connectivity index (χ0) is 19.3. The van der Waals surface area contributed by atoms with Crippen LogP contribution in [-0.4, -0.2) is 23.0 Å². The molecular formula is C20H19F2N3O3. The van der Waals surface area contributed by atoms with E-state index in [1.54, 1.807) is 18.6 Å². The first kappa shape index (κ1) is 18.2. The lowest BCUT2D eigenvalue weighted by Crippen LogP contribution is -2.25. The molecule has 8 heteroatoms. The van der Waals surface area contributed by atoms with Gasteiger partial charge in [-0.15, -0.1) is 0 Å². The lowest BCUT2D eigenvalue weighted by atomic mass is 10.1. The quantitative estimate of drug-likeness (QED) is 0.638. The van der Waals surface area contributed by atoms with Crippen molar-refractivity contribution in [2.45, 2.75) is 25.7 Å². The second-order valence-corrected chi connectivity index (χ2v) is 6.30. The summed E-state index contributed by atoms with van der Waals surface area (Å²) < 4.78 is 43.0. The summed E-state index contributed by atoms with van der Waals surface area (Å²) in [6.45, 7) is -1.91. The highest BCUT2D eigenvalue weighted by Gasteiger charge is 2.21. The Kier molecular flexibility index (Phi) is 5.38. The fraction of sp³-hybridized carbons (Fsp3) is 0.250. The Morgan fingerprint density at radius 3 is 2.64 bits per heavy atom. The minimum Gasteiger partial charge on any atom is -0.454 e. The first-order valence-electron chi connectivity index (χ1n) is 8.80. The van der Waals surface area contributed by atoms with Crippen LogP contribution < -0.4 is 19.5 Å². The zero-order valence-electron chi connectivity index (χ0n) is 14.9. The number of aromatic nitrogens is 2. The molecule has 0 spiro atoms. The molecule has 0 radical (unpaired) electrons. The van der Waals surface area contributed by atoms with Crippen molar-refractivity contribution < 1.29 is 23.0 Å². The van der Waals surface area contributed by atoms with Crippen molar-refractivity contribution in [1.82, 2.24) is 14.9 Å². The fourth-order valence-corrected chi connectivity index (χ4v) is 3.12. The summed E-state index contributed by atoms with van der Waals surface area (Å²) in [7, 11) is 0. The topological polar surface area (TPSA) is 57.5 Å². The predicted octanol–water partition coefficient (Wildman–Crippen LogP) is 3.74. The summed E-state index contributed by atoms with van der Waals surface area (Å²) in [6.07, 6.45) is 5.33. The van der Waals surface area contributed by atoms with Gasteiger partial charge in [0.05, 0.1) is 12.4 Å². The molecule has 28 heavy (non-hydrogen) atoms. The molecule has 4 rings (SSSR count). The molecule has 0 saturated heterocycles. The van der Waals surface area contributed by atoms with Crippen LogP contribution in [0.5, 0.6) is 17.2 Å². The first-order chi connectivity index (χ1) is 13.7. The number of imidazole rings is 1. The molecule has 0 amide bonds. The lowest BCUT2D eigenvalue weighted by Gasteiger charge is -2.21. The Morgan fingerprint density at radius 1 is 1.14 bits per heavy atom. The van der Waals surface area contributed by atoms with Gasteiger partial charge in [0.25, 0.3) is 0 Å². The SMILES string of the molecule is FC(F)Oc1cc2c(cc1CNC(Cn1ccnc1)c1ccccc1)OCO2.